The van der Waals surface area contributed by atoms with Gasteiger partial charge in [0.05, 0.1) is 21.2 Å². The molecule has 1 aliphatic rings. The Bertz CT molecular complexity index is 727. The number of cyclic esters (lactones) is 1. The van der Waals surface area contributed by atoms with E-state index in [2.05, 4.69) is 4.74 Å². The third kappa shape index (κ3) is 3.48. The number of sulfonamides is 1. The Morgan fingerprint density at radius 2 is 1.95 bits per heavy atom. The molecule has 21 heavy (non-hydrogen) atoms. The van der Waals surface area contributed by atoms with Crippen LogP contribution in [0.15, 0.2) is 34.9 Å². The molecule has 0 saturated carbocycles. The van der Waals surface area contributed by atoms with Crippen LogP contribution in [-0.4, -0.2) is 21.0 Å². The van der Waals surface area contributed by atoms with Crippen molar-refractivity contribution in [3.05, 3.63) is 40.6 Å². The smallest absolute Gasteiger partial charge is 0.417 e. The second-order valence-corrected chi connectivity index (χ2v) is 6.11. The summed E-state index contributed by atoms with van der Waals surface area (Å²) in [6, 6.07) is 2.03. The molecule has 0 spiro atoms. The van der Waals surface area contributed by atoms with Gasteiger partial charge in [-0.15, -0.1) is 0 Å². The first kappa shape index (κ1) is 15.6. The molecule has 0 atom stereocenters. The average molecular weight is 342 g/mol. The molecular weight excluding hydrogens is 335 g/mol. The minimum Gasteiger partial charge on any atom is -0.456 e. The summed E-state index contributed by atoms with van der Waals surface area (Å²) in [6.07, 6.45) is -3.75. The molecule has 0 bridgehead atoms. The number of halogens is 4. The minimum absolute atomic E-state index is 0.0176. The van der Waals surface area contributed by atoms with Crippen molar-refractivity contribution in [2.75, 3.05) is 6.61 Å². The zero-order valence-corrected chi connectivity index (χ0v) is 11.6. The molecule has 114 valence electrons. The Hall–Kier alpha value is -1.74. The fourth-order valence-corrected chi connectivity index (χ4v) is 3.01. The van der Waals surface area contributed by atoms with Crippen LogP contribution >= 0.6 is 11.6 Å². The zero-order chi connectivity index (χ0) is 15.8. The summed E-state index contributed by atoms with van der Waals surface area (Å²) in [5.74, 6) is -0.710. The lowest BCUT2D eigenvalue weighted by atomic mass is 10.2. The minimum atomic E-state index is -4.68. The van der Waals surface area contributed by atoms with Gasteiger partial charge < -0.3 is 4.74 Å². The molecule has 2 rings (SSSR count). The SMILES string of the molecule is O=C1C=C(NS(=O)(=O)c2ccc(C(F)(F)F)c(Cl)c2)CO1. The summed E-state index contributed by atoms with van der Waals surface area (Å²) >= 11 is 5.45. The molecule has 0 unspecified atom stereocenters. The van der Waals surface area contributed by atoms with Gasteiger partial charge in [0.15, 0.2) is 0 Å². The van der Waals surface area contributed by atoms with Crippen LogP contribution in [0, 0.1) is 0 Å². The average Bonchev–Trinajstić information content (AvgIpc) is 2.72. The molecular formula is C11H7ClF3NO4S. The lowest BCUT2D eigenvalue weighted by Gasteiger charge is -2.11. The third-order valence-electron chi connectivity index (χ3n) is 2.48. The number of hydrogen-bond donors (Lipinski definition) is 1. The van der Waals surface area contributed by atoms with Crippen molar-refractivity contribution in [1.29, 1.82) is 0 Å². The van der Waals surface area contributed by atoms with E-state index in [9.17, 15) is 26.4 Å². The maximum Gasteiger partial charge on any atom is 0.417 e. The largest absolute Gasteiger partial charge is 0.456 e. The van der Waals surface area contributed by atoms with E-state index in [-0.39, 0.29) is 12.3 Å². The van der Waals surface area contributed by atoms with Crippen molar-refractivity contribution < 1.29 is 31.1 Å². The van der Waals surface area contributed by atoms with Crippen molar-refractivity contribution in [2.24, 2.45) is 0 Å². The topological polar surface area (TPSA) is 72.5 Å². The van der Waals surface area contributed by atoms with E-state index in [1.165, 1.54) is 0 Å². The quantitative estimate of drug-likeness (QED) is 0.854. The fourth-order valence-electron chi connectivity index (χ4n) is 1.56. The highest BCUT2D eigenvalue weighted by atomic mass is 35.5. The summed E-state index contributed by atoms with van der Waals surface area (Å²) < 4.78 is 68.0. The van der Waals surface area contributed by atoms with Crippen LogP contribution in [-0.2, 0) is 25.7 Å². The van der Waals surface area contributed by atoms with Crippen molar-refractivity contribution in [3.63, 3.8) is 0 Å². The van der Waals surface area contributed by atoms with Crippen LogP contribution in [0.5, 0.6) is 0 Å². The number of carbonyl (C=O) groups is 1. The Morgan fingerprint density at radius 3 is 2.43 bits per heavy atom. The summed E-state index contributed by atoms with van der Waals surface area (Å²) in [5, 5.41) is -0.738. The standard InChI is InChI=1S/C11H7ClF3NO4S/c12-9-4-7(1-2-8(9)11(13,14)15)21(18,19)16-6-3-10(17)20-5-6/h1-4,16H,5H2. The first-order valence-electron chi connectivity index (χ1n) is 5.36. The summed E-state index contributed by atoms with van der Waals surface area (Å²) in [4.78, 5) is 10.3. The molecule has 0 radical (unpaired) electrons. The molecule has 1 N–H and O–H groups in total. The number of hydrogen-bond acceptors (Lipinski definition) is 4. The van der Waals surface area contributed by atoms with Gasteiger partial charge in [-0.1, -0.05) is 11.6 Å². The normalized spacial score (nSPS) is 15.6. The highest BCUT2D eigenvalue weighted by Gasteiger charge is 2.34. The van der Waals surface area contributed by atoms with Crippen molar-refractivity contribution >= 4 is 27.6 Å². The Labute approximate surface area is 122 Å². The predicted octanol–water partition coefficient (Wildman–Crippen LogP) is 2.08. The number of rotatable bonds is 3. The fraction of sp³-hybridized carbons (Fsp3) is 0.182. The molecule has 5 nitrogen and oxygen atoms in total. The van der Waals surface area contributed by atoms with Gasteiger partial charge >= 0.3 is 12.1 Å². The van der Waals surface area contributed by atoms with Gasteiger partial charge in [-0.3, -0.25) is 4.72 Å². The molecule has 0 amide bonds. The molecule has 1 heterocycles. The Balaban J connectivity index is 2.31. The number of nitrogens with one attached hydrogen (secondary N) is 1. The molecule has 1 aromatic carbocycles. The van der Waals surface area contributed by atoms with E-state index >= 15 is 0 Å². The van der Waals surface area contributed by atoms with E-state index < -0.39 is 37.7 Å². The summed E-state index contributed by atoms with van der Waals surface area (Å²) in [5.41, 5.74) is -1.15. The highest BCUT2D eigenvalue weighted by molar-refractivity contribution is 7.89. The molecule has 0 saturated heterocycles. The lowest BCUT2D eigenvalue weighted by molar-refractivity contribution is -0.137. The number of alkyl halides is 3. The summed E-state index contributed by atoms with van der Waals surface area (Å²) in [7, 11) is -4.15. The van der Waals surface area contributed by atoms with Gasteiger partial charge in [0.1, 0.15) is 6.61 Å². The van der Waals surface area contributed by atoms with Crippen LogP contribution in [0.1, 0.15) is 5.56 Å². The van der Waals surface area contributed by atoms with E-state index in [1.54, 1.807) is 0 Å². The van der Waals surface area contributed by atoms with Crippen molar-refractivity contribution in [2.45, 2.75) is 11.1 Å². The van der Waals surface area contributed by atoms with Crippen LogP contribution in [0.4, 0.5) is 13.2 Å². The van der Waals surface area contributed by atoms with Crippen LogP contribution in [0.25, 0.3) is 0 Å². The second-order valence-electron chi connectivity index (χ2n) is 4.02. The monoisotopic (exact) mass is 341 g/mol. The van der Waals surface area contributed by atoms with Gasteiger partial charge in [0, 0.05) is 6.08 Å². The first-order valence-corrected chi connectivity index (χ1v) is 7.22. The Morgan fingerprint density at radius 1 is 1.29 bits per heavy atom. The van der Waals surface area contributed by atoms with Crippen LogP contribution in [0.3, 0.4) is 0 Å². The molecule has 0 fully saturated rings. The predicted molar refractivity (Wildman–Crippen MR) is 65.8 cm³/mol. The van der Waals surface area contributed by atoms with E-state index in [0.717, 1.165) is 12.1 Å². The van der Waals surface area contributed by atoms with Crippen LogP contribution < -0.4 is 4.72 Å². The second kappa shape index (κ2) is 5.23. The van der Waals surface area contributed by atoms with E-state index in [1.807, 2.05) is 4.72 Å². The third-order valence-corrected chi connectivity index (χ3v) is 4.20. The number of carbonyl (C=O) groups excluding carboxylic acids is 1. The maximum absolute atomic E-state index is 12.5. The number of ether oxygens (including phenoxy) is 1. The van der Waals surface area contributed by atoms with E-state index in [4.69, 9.17) is 11.6 Å². The van der Waals surface area contributed by atoms with Gasteiger partial charge in [0.25, 0.3) is 10.0 Å². The van der Waals surface area contributed by atoms with Crippen molar-refractivity contribution in [1.82, 2.24) is 4.72 Å². The van der Waals surface area contributed by atoms with Crippen LogP contribution in [0.2, 0.25) is 5.02 Å². The first-order chi connectivity index (χ1) is 9.59. The molecule has 0 aliphatic carbocycles. The van der Waals surface area contributed by atoms with E-state index in [0.29, 0.717) is 12.1 Å². The molecule has 1 aromatic rings. The Kier molecular flexibility index (Phi) is 3.89. The highest BCUT2D eigenvalue weighted by Crippen LogP contribution is 2.35. The lowest BCUT2D eigenvalue weighted by Crippen LogP contribution is -2.24. The molecule has 1 aliphatic heterocycles. The van der Waals surface area contributed by atoms with Crippen molar-refractivity contribution in [3.8, 4) is 0 Å². The van der Waals surface area contributed by atoms with Gasteiger partial charge in [-0.05, 0) is 18.2 Å². The van der Waals surface area contributed by atoms with Gasteiger partial charge in [-0.25, -0.2) is 13.2 Å². The van der Waals surface area contributed by atoms with Gasteiger partial charge in [0.2, 0.25) is 0 Å². The molecule has 10 heteroatoms. The van der Waals surface area contributed by atoms with Gasteiger partial charge in [-0.2, -0.15) is 13.2 Å². The number of benzene rings is 1. The zero-order valence-electron chi connectivity index (χ0n) is 10.1. The maximum atomic E-state index is 12.5. The molecule has 0 aromatic heterocycles. The summed E-state index contributed by atoms with van der Waals surface area (Å²) in [6.45, 7) is -0.258. The number of esters is 1.